The number of hydrogen-bond acceptors (Lipinski definition) is 3. The molecule has 3 nitrogen and oxygen atoms in total. The first-order chi connectivity index (χ1) is 4.83. The summed E-state index contributed by atoms with van der Waals surface area (Å²) in [5.74, 6) is 0.216. The Balaban J connectivity index is 2.75. The molecule has 0 aliphatic heterocycles. The third-order valence-electron chi connectivity index (χ3n) is 1.19. The van der Waals surface area contributed by atoms with Crippen LogP contribution in [0.25, 0.3) is 0 Å². The predicted octanol–water partition coefficient (Wildman–Crippen LogP) is 0.871. The summed E-state index contributed by atoms with van der Waals surface area (Å²) in [7, 11) is 0. The maximum Gasteiger partial charge on any atom is 0.115 e. The van der Waals surface area contributed by atoms with E-state index in [-0.39, 0.29) is 5.75 Å². The topological polar surface area (TPSA) is 52.5 Å². The van der Waals surface area contributed by atoms with Crippen LogP contribution in [-0.4, -0.2) is 10.3 Å². The summed E-state index contributed by atoms with van der Waals surface area (Å²) >= 11 is 0. The van der Waals surface area contributed by atoms with Crippen LogP contribution in [0.5, 0.6) is 5.75 Å². The summed E-state index contributed by atoms with van der Waals surface area (Å²) in [4.78, 5) is 0. The van der Waals surface area contributed by atoms with E-state index in [4.69, 9.17) is 10.3 Å². The molecule has 1 aromatic carbocycles. The van der Waals surface area contributed by atoms with E-state index >= 15 is 0 Å². The Labute approximate surface area is 58.9 Å². The van der Waals surface area contributed by atoms with Crippen LogP contribution in [-0.2, 0) is 6.54 Å². The number of hydrogen-bond donors (Lipinski definition) is 3. The van der Waals surface area contributed by atoms with Gasteiger partial charge < -0.3 is 10.3 Å². The molecule has 0 aromatic heterocycles. The van der Waals surface area contributed by atoms with E-state index in [0.717, 1.165) is 5.56 Å². The Morgan fingerprint density at radius 2 is 2.20 bits per heavy atom. The van der Waals surface area contributed by atoms with E-state index in [9.17, 15) is 0 Å². The zero-order valence-electron chi connectivity index (χ0n) is 5.41. The molecule has 0 bridgehead atoms. The highest BCUT2D eigenvalue weighted by molar-refractivity contribution is 5.26. The molecule has 0 aliphatic rings. The van der Waals surface area contributed by atoms with Crippen LogP contribution in [0.2, 0.25) is 0 Å². The van der Waals surface area contributed by atoms with Gasteiger partial charge in [-0.2, -0.15) is 0 Å². The highest BCUT2D eigenvalue weighted by Gasteiger charge is 1.90. The number of hydroxylamine groups is 1. The van der Waals surface area contributed by atoms with Crippen molar-refractivity contribution >= 4 is 0 Å². The van der Waals surface area contributed by atoms with E-state index in [1.54, 1.807) is 18.2 Å². The fourth-order valence-corrected chi connectivity index (χ4v) is 0.758. The van der Waals surface area contributed by atoms with Crippen molar-refractivity contribution in [1.82, 2.24) is 5.48 Å². The average molecular weight is 139 g/mol. The molecule has 10 heavy (non-hydrogen) atoms. The van der Waals surface area contributed by atoms with Gasteiger partial charge in [0.15, 0.2) is 0 Å². The Morgan fingerprint density at radius 3 is 2.80 bits per heavy atom. The number of nitrogens with one attached hydrogen (secondary N) is 1. The number of benzene rings is 1. The maximum atomic E-state index is 8.93. The van der Waals surface area contributed by atoms with Crippen molar-refractivity contribution in [2.24, 2.45) is 0 Å². The van der Waals surface area contributed by atoms with Gasteiger partial charge in [0, 0.05) is 6.54 Å². The molecule has 0 saturated heterocycles. The summed E-state index contributed by atoms with van der Waals surface area (Å²) < 4.78 is 0. The third kappa shape index (κ3) is 1.72. The molecule has 3 N–H and O–H groups in total. The second-order valence-corrected chi connectivity index (χ2v) is 2.00. The van der Waals surface area contributed by atoms with Crippen LogP contribution >= 0.6 is 0 Å². The summed E-state index contributed by atoms with van der Waals surface area (Å²) in [5, 5.41) is 17.2. The molecule has 0 unspecified atom stereocenters. The minimum Gasteiger partial charge on any atom is -0.508 e. The zero-order valence-corrected chi connectivity index (χ0v) is 5.41. The number of rotatable bonds is 2. The van der Waals surface area contributed by atoms with Gasteiger partial charge in [-0.1, -0.05) is 12.1 Å². The fraction of sp³-hybridized carbons (Fsp3) is 0.143. The smallest absolute Gasteiger partial charge is 0.115 e. The minimum atomic E-state index is 0.216. The van der Waals surface area contributed by atoms with Crippen LogP contribution in [0.1, 0.15) is 5.56 Å². The van der Waals surface area contributed by atoms with Gasteiger partial charge in [0.25, 0.3) is 0 Å². The van der Waals surface area contributed by atoms with Crippen molar-refractivity contribution in [3.05, 3.63) is 29.8 Å². The first-order valence-corrected chi connectivity index (χ1v) is 2.98. The van der Waals surface area contributed by atoms with Gasteiger partial charge in [0.05, 0.1) is 0 Å². The predicted molar refractivity (Wildman–Crippen MR) is 36.7 cm³/mol. The minimum absolute atomic E-state index is 0.216. The SMILES string of the molecule is ONCc1cccc(O)c1. The summed E-state index contributed by atoms with van der Waals surface area (Å²) in [5.41, 5.74) is 2.85. The average Bonchev–Trinajstić information content (AvgIpc) is 1.88. The van der Waals surface area contributed by atoms with E-state index < -0.39 is 0 Å². The molecule has 1 rings (SSSR count). The lowest BCUT2D eigenvalue weighted by Gasteiger charge is -1.97. The van der Waals surface area contributed by atoms with E-state index in [1.165, 1.54) is 0 Å². The van der Waals surface area contributed by atoms with Gasteiger partial charge in [0.2, 0.25) is 0 Å². The Kier molecular flexibility index (Phi) is 2.25. The van der Waals surface area contributed by atoms with Crippen molar-refractivity contribution in [3.63, 3.8) is 0 Å². The van der Waals surface area contributed by atoms with Crippen molar-refractivity contribution in [1.29, 1.82) is 0 Å². The summed E-state index contributed by atoms with van der Waals surface area (Å²) in [6.45, 7) is 0.356. The molecule has 0 saturated carbocycles. The lowest BCUT2D eigenvalue weighted by molar-refractivity contribution is 0.161. The second-order valence-electron chi connectivity index (χ2n) is 2.00. The lowest BCUT2D eigenvalue weighted by atomic mass is 10.2. The molecule has 0 fully saturated rings. The fourth-order valence-electron chi connectivity index (χ4n) is 0.758. The Morgan fingerprint density at radius 1 is 1.40 bits per heavy atom. The number of phenolic OH excluding ortho intramolecular Hbond substituents is 1. The highest BCUT2D eigenvalue weighted by atomic mass is 16.5. The largest absolute Gasteiger partial charge is 0.508 e. The van der Waals surface area contributed by atoms with Gasteiger partial charge >= 0.3 is 0 Å². The molecule has 3 heteroatoms. The second kappa shape index (κ2) is 3.20. The molecule has 0 heterocycles. The monoisotopic (exact) mass is 139 g/mol. The Hall–Kier alpha value is -1.06. The normalized spacial score (nSPS) is 9.70. The molecule has 0 atom stereocenters. The molecule has 0 aliphatic carbocycles. The summed E-state index contributed by atoms with van der Waals surface area (Å²) in [6, 6.07) is 6.70. The third-order valence-corrected chi connectivity index (χ3v) is 1.19. The first-order valence-electron chi connectivity index (χ1n) is 2.98. The quantitative estimate of drug-likeness (QED) is 0.533. The van der Waals surface area contributed by atoms with Gasteiger partial charge in [-0.05, 0) is 17.7 Å². The molecular formula is C7H9NO2. The molecule has 0 spiro atoms. The van der Waals surface area contributed by atoms with E-state index in [0.29, 0.717) is 6.54 Å². The Bertz CT molecular complexity index is 213. The lowest BCUT2D eigenvalue weighted by Crippen LogP contribution is -2.05. The van der Waals surface area contributed by atoms with E-state index in [2.05, 4.69) is 0 Å². The van der Waals surface area contributed by atoms with Crippen molar-refractivity contribution in [2.75, 3.05) is 0 Å². The number of aromatic hydroxyl groups is 1. The molecular weight excluding hydrogens is 130 g/mol. The first kappa shape index (κ1) is 7.05. The van der Waals surface area contributed by atoms with Crippen molar-refractivity contribution in [2.45, 2.75) is 6.54 Å². The maximum absolute atomic E-state index is 8.93. The highest BCUT2D eigenvalue weighted by Crippen LogP contribution is 2.09. The van der Waals surface area contributed by atoms with Gasteiger partial charge in [0.1, 0.15) is 5.75 Å². The van der Waals surface area contributed by atoms with Crippen LogP contribution in [0, 0.1) is 0 Å². The summed E-state index contributed by atoms with van der Waals surface area (Å²) in [6.07, 6.45) is 0. The van der Waals surface area contributed by atoms with Crippen LogP contribution < -0.4 is 5.48 Å². The molecule has 0 radical (unpaired) electrons. The standard InChI is InChI=1S/C7H9NO2/c9-7-3-1-2-6(4-7)5-8-10/h1-4,8-10H,5H2. The van der Waals surface area contributed by atoms with E-state index in [1.807, 2.05) is 11.5 Å². The van der Waals surface area contributed by atoms with Crippen LogP contribution in [0.4, 0.5) is 0 Å². The molecule has 0 amide bonds. The van der Waals surface area contributed by atoms with Crippen molar-refractivity contribution < 1.29 is 10.3 Å². The van der Waals surface area contributed by atoms with Crippen LogP contribution in [0.15, 0.2) is 24.3 Å². The van der Waals surface area contributed by atoms with Crippen molar-refractivity contribution in [3.8, 4) is 5.75 Å². The van der Waals surface area contributed by atoms with Gasteiger partial charge in [-0.15, -0.1) is 0 Å². The van der Waals surface area contributed by atoms with Gasteiger partial charge in [-0.3, -0.25) is 0 Å². The molecule has 1 aromatic rings. The van der Waals surface area contributed by atoms with Crippen LogP contribution in [0.3, 0.4) is 0 Å². The molecule has 54 valence electrons. The zero-order chi connectivity index (χ0) is 7.40. The van der Waals surface area contributed by atoms with Gasteiger partial charge in [-0.25, -0.2) is 5.48 Å². The number of phenols is 1.